The van der Waals surface area contributed by atoms with Gasteiger partial charge >= 0.3 is 5.97 Å². The lowest BCUT2D eigenvalue weighted by atomic mass is 9.90. The molecule has 1 unspecified atom stereocenters. The molecule has 0 saturated carbocycles. The molecule has 0 spiro atoms. The molecule has 33 heavy (non-hydrogen) atoms. The van der Waals surface area contributed by atoms with Gasteiger partial charge < -0.3 is 10.5 Å². The summed E-state index contributed by atoms with van der Waals surface area (Å²) in [5, 5.41) is 2.10. The Labute approximate surface area is 193 Å². The highest BCUT2D eigenvalue weighted by atomic mass is 16.5. The molecule has 0 fully saturated rings. The van der Waals surface area contributed by atoms with Crippen molar-refractivity contribution in [3.63, 3.8) is 0 Å². The average Bonchev–Trinajstić information content (AvgIpc) is 2.84. The predicted molar refractivity (Wildman–Crippen MR) is 129 cm³/mol. The van der Waals surface area contributed by atoms with Gasteiger partial charge in [-0.25, -0.2) is 4.79 Å². The predicted octanol–water partition coefficient (Wildman–Crippen LogP) is 4.75. The lowest BCUT2D eigenvalue weighted by molar-refractivity contribution is -0.119. The van der Waals surface area contributed by atoms with E-state index in [0.717, 1.165) is 33.0 Å². The number of esters is 1. The molecule has 4 aromatic rings. The van der Waals surface area contributed by atoms with Crippen molar-refractivity contribution >= 4 is 22.5 Å². The molecule has 0 saturated heterocycles. The fraction of sp³-hybridized carbons (Fsp3) is 0.179. The van der Waals surface area contributed by atoms with Crippen LogP contribution in [0.3, 0.4) is 0 Å². The van der Waals surface area contributed by atoms with Gasteiger partial charge in [0.15, 0.2) is 0 Å². The second kappa shape index (κ2) is 10.2. The number of benzene rings is 3. The van der Waals surface area contributed by atoms with Gasteiger partial charge in [-0.05, 0) is 46.7 Å². The SMILES string of the molecule is Cc1ccccc1C(=O)OCc1ccc(C(CN)C(=O)Cc2ccc3cnccc3c2)cc1. The molecule has 5 nitrogen and oxygen atoms in total. The molecule has 4 rings (SSSR count). The topological polar surface area (TPSA) is 82.3 Å². The first-order chi connectivity index (χ1) is 16.0. The second-order valence-electron chi connectivity index (χ2n) is 8.12. The Kier molecular flexibility index (Phi) is 6.91. The smallest absolute Gasteiger partial charge is 0.338 e. The number of carbonyl (C=O) groups is 2. The summed E-state index contributed by atoms with van der Waals surface area (Å²) in [6, 6.07) is 22.8. The van der Waals surface area contributed by atoms with Crippen molar-refractivity contribution in [2.24, 2.45) is 5.73 Å². The second-order valence-corrected chi connectivity index (χ2v) is 8.12. The minimum Gasteiger partial charge on any atom is -0.457 e. The van der Waals surface area contributed by atoms with Crippen molar-refractivity contribution in [3.05, 3.63) is 113 Å². The van der Waals surface area contributed by atoms with E-state index in [1.54, 1.807) is 12.3 Å². The van der Waals surface area contributed by atoms with E-state index in [9.17, 15) is 9.59 Å². The summed E-state index contributed by atoms with van der Waals surface area (Å²) in [5.41, 5.74) is 10.1. The van der Waals surface area contributed by atoms with E-state index >= 15 is 0 Å². The van der Waals surface area contributed by atoms with Crippen LogP contribution in [-0.2, 0) is 22.6 Å². The van der Waals surface area contributed by atoms with Gasteiger partial charge in [-0.3, -0.25) is 9.78 Å². The molecule has 0 bridgehead atoms. The van der Waals surface area contributed by atoms with Crippen molar-refractivity contribution in [2.75, 3.05) is 6.54 Å². The monoisotopic (exact) mass is 438 g/mol. The third-order valence-corrected chi connectivity index (χ3v) is 5.82. The normalized spacial score (nSPS) is 11.8. The van der Waals surface area contributed by atoms with Crippen molar-refractivity contribution in [3.8, 4) is 0 Å². The summed E-state index contributed by atoms with van der Waals surface area (Å²) < 4.78 is 5.45. The van der Waals surface area contributed by atoms with Crippen molar-refractivity contribution in [2.45, 2.75) is 25.9 Å². The number of aryl methyl sites for hydroxylation is 1. The van der Waals surface area contributed by atoms with E-state index in [2.05, 4.69) is 4.98 Å². The maximum absolute atomic E-state index is 13.0. The number of ether oxygens (including phenoxy) is 1. The number of aromatic nitrogens is 1. The summed E-state index contributed by atoms with van der Waals surface area (Å²) in [6.07, 6.45) is 3.87. The van der Waals surface area contributed by atoms with Crippen LogP contribution in [-0.4, -0.2) is 23.3 Å². The largest absolute Gasteiger partial charge is 0.457 e. The van der Waals surface area contributed by atoms with Crippen LogP contribution in [0.15, 0.2) is 85.2 Å². The van der Waals surface area contributed by atoms with Crippen LogP contribution >= 0.6 is 0 Å². The quantitative estimate of drug-likeness (QED) is 0.401. The van der Waals surface area contributed by atoms with Gasteiger partial charge in [0.25, 0.3) is 0 Å². The minimum atomic E-state index is -0.387. The van der Waals surface area contributed by atoms with E-state index < -0.39 is 0 Å². The standard InChI is InChI=1S/C28H26N2O3/c1-19-4-2-3-5-25(19)28(32)33-18-20-6-9-22(10-7-20)26(16-29)27(31)15-21-8-11-24-17-30-13-12-23(24)14-21/h2-14,17,26H,15-16,18,29H2,1H3. The van der Waals surface area contributed by atoms with Crippen LogP contribution in [0.25, 0.3) is 10.8 Å². The van der Waals surface area contributed by atoms with Crippen molar-refractivity contribution < 1.29 is 14.3 Å². The Hall–Kier alpha value is -3.83. The maximum Gasteiger partial charge on any atom is 0.338 e. The number of pyridine rings is 1. The lowest BCUT2D eigenvalue weighted by Crippen LogP contribution is -2.23. The number of nitrogens with zero attached hydrogens (tertiary/aromatic N) is 1. The van der Waals surface area contributed by atoms with E-state index in [1.807, 2.05) is 79.9 Å². The zero-order chi connectivity index (χ0) is 23.2. The highest BCUT2D eigenvalue weighted by Gasteiger charge is 2.19. The Morgan fingerprint density at radius 1 is 0.939 bits per heavy atom. The molecule has 2 N–H and O–H groups in total. The summed E-state index contributed by atoms with van der Waals surface area (Å²) in [6.45, 7) is 2.28. The van der Waals surface area contributed by atoms with Gasteiger partial charge in [-0.15, -0.1) is 0 Å². The highest BCUT2D eigenvalue weighted by molar-refractivity contribution is 5.91. The van der Waals surface area contributed by atoms with Crippen LogP contribution < -0.4 is 5.73 Å². The van der Waals surface area contributed by atoms with Gasteiger partial charge in [-0.1, -0.05) is 60.7 Å². The number of carbonyl (C=O) groups excluding carboxylic acids is 2. The zero-order valence-electron chi connectivity index (χ0n) is 18.5. The van der Waals surface area contributed by atoms with Gasteiger partial charge in [-0.2, -0.15) is 0 Å². The lowest BCUT2D eigenvalue weighted by Gasteiger charge is -2.15. The molecule has 0 aliphatic rings. The molecule has 166 valence electrons. The van der Waals surface area contributed by atoms with E-state index in [-0.39, 0.29) is 30.8 Å². The molecule has 1 heterocycles. The van der Waals surface area contributed by atoms with E-state index in [4.69, 9.17) is 10.5 Å². The van der Waals surface area contributed by atoms with E-state index in [1.165, 1.54) is 0 Å². The maximum atomic E-state index is 13.0. The molecule has 5 heteroatoms. The molecule has 1 atom stereocenters. The Balaban J connectivity index is 1.40. The first-order valence-corrected chi connectivity index (χ1v) is 10.9. The number of nitrogens with two attached hydrogens (primary N) is 1. The first-order valence-electron chi connectivity index (χ1n) is 10.9. The number of hydrogen-bond acceptors (Lipinski definition) is 5. The summed E-state index contributed by atoms with van der Waals surface area (Å²) in [4.78, 5) is 29.4. The summed E-state index contributed by atoms with van der Waals surface area (Å²) in [7, 11) is 0. The van der Waals surface area contributed by atoms with Crippen LogP contribution in [0.4, 0.5) is 0 Å². The number of Topliss-reactive ketones (excluding diaryl/α,β-unsaturated/α-hetero) is 1. The average molecular weight is 439 g/mol. The number of rotatable bonds is 8. The third kappa shape index (κ3) is 5.33. The molecular formula is C28H26N2O3. The Morgan fingerprint density at radius 3 is 2.45 bits per heavy atom. The zero-order valence-corrected chi connectivity index (χ0v) is 18.5. The van der Waals surface area contributed by atoms with Gasteiger partial charge in [0.1, 0.15) is 12.4 Å². The minimum absolute atomic E-state index is 0.0737. The fourth-order valence-electron chi connectivity index (χ4n) is 3.90. The molecule has 0 aliphatic heterocycles. The molecule has 0 amide bonds. The van der Waals surface area contributed by atoms with Crippen LogP contribution in [0.2, 0.25) is 0 Å². The van der Waals surface area contributed by atoms with Gasteiger partial charge in [0, 0.05) is 30.7 Å². The third-order valence-electron chi connectivity index (χ3n) is 5.82. The van der Waals surface area contributed by atoms with Gasteiger partial charge in [0.05, 0.1) is 11.5 Å². The molecule has 0 radical (unpaired) electrons. The Morgan fingerprint density at radius 2 is 1.70 bits per heavy atom. The number of hydrogen-bond donors (Lipinski definition) is 1. The first kappa shape index (κ1) is 22.4. The van der Waals surface area contributed by atoms with Crippen molar-refractivity contribution in [1.29, 1.82) is 0 Å². The Bertz CT molecular complexity index is 1280. The highest BCUT2D eigenvalue weighted by Crippen LogP contribution is 2.21. The molecular weight excluding hydrogens is 412 g/mol. The van der Waals surface area contributed by atoms with Crippen LogP contribution in [0, 0.1) is 6.92 Å². The molecule has 3 aromatic carbocycles. The molecule has 0 aliphatic carbocycles. The number of ketones is 1. The fourth-order valence-corrected chi connectivity index (χ4v) is 3.90. The van der Waals surface area contributed by atoms with Crippen LogP contribution in [0.5, 0.6) is 0 Å². The van der Waals surface area contributed by atoms with Crippen molar-refractivity contribution in [1.82, 2.24) is 4.98 Å². The summed E-state index contributed by atoms with van der Waals surface area (Å²) >= 11 is 0. The number of fused-ring (bicyclic) bond motifs is 1. The molecule has 1 aromatic heterocycles. The summed E-state index contributed by atoms with van der Waals surface area (Å²) in [5.74, 6) is -0.662. The van der Waals surface area contributed by atoms with E-state index in [0.29, 0.717) is 12.0 Å². The van der Waals surface area contributed by atoms with Crippen LogP contribution in [0.1, 0.15) is 38.5 Å². The van der Waals surface area contributed by atoms with Gasteiger partial charge in [0.2, 0.25) is 0 Å².